The van der Waals surface area contributed by atoms with Crippen LogP contribution in [-0.2, 0) is 17.0 Å². The number of amides is 1. The van der Waals surface area contributed by atoms with E-state index in [1.165, 1.54) is 22.2 Å². The zero-order valence-electron chi connectivity index (χ0n) is 19.8. The van der Waals surface area contributed by atoms with E-state index in [1.54, 1.807) is 17.2 Å². The Labute approximate surface area is 229 Å². The Bertz CT molecular complexity index is 1890. The normalized spacial score (nSPS) is 16.5. The smallest absolute Gasteiger partial charge is 0.259 e. The maximum absolute atomic E-state index is 13.7. The zero-order valence-corrected chi connectivity index (χ0v) is 22.2. The lowest BCUT2D eigenvalue weighted by molar-refractivity contribution is -0.124. The molecule has 38 heavy (non-hydrogen) atoms. The highest BCUT2D eigenvalue weighted by atomic mass is 79.9. The number of para-hydroxylation sites is 2. The molecule has 0 radical (unpaired) electrons. The second-order valence-electron chi connectivity index (χ2n) is 9.07. The first-order valence-corrected chi connectivity index (χ1v) is 13.8. The molecule has 2 aromatic carbocycles. The zero-order chi connectivity index (χ0) is 25.8. The quantitative estimate of drug-likeness (QED) is 0.320. The highest BCUT2D eigenvalue weighted by Gasteiger charge is 2.41. The van der Waals surface area contributed by atoms with Gasteiger partial charge in [0, 0.05) is 51.6 Å². The molecule has 7 rings (SSSR count). The number of benzene rings is 2. The van der Waals surface area contributed by atoms with Crippen molar-refractivity contribution in [1.29, 1.82) is 0 Å². The Hall–Kier alpha value is -4.02. The summed E-state index contributed by atoms with van der Waals surface area (Å²) in [6, 6.07) is 20.4. The largest absolute Gasteiger partial charge is 0.361 e. The Morgan fingerprint density at radius 2 is 1.87 bits per heavy atom. The molecule has 0 unspecified atom stereocenters. The van der Waals surface area contributed by atoms with Crippen LogP contribution in [0.15, 0.2) is 98.4 Å². The number of aromatic amines is 1. The van der Waals surface area contributed by atoms with E-state index in [0.717, 1.165) is 32.2 Å². The second-order valence-corrected chi connectivity index (χ2v) is 10.9. The van der Waals surface area contributed by atoms with Gasteiger partial charge >= 0.3 is 0 Å². The van der Waals surface area contributed by atoms with Crippen LogP contribution < -0.4 is 5.56 Å². The summed E-state index contributed by atoms with van der Waals surface area (Å²) in [6.45, 7) is 0. The molecule has 3 aromatic heterocycles. The summed E-state index contributed by atoms with van der Waals surface area (Å²) in [5.41, 5.74) is 4.69. The van der Waals surface area contributed by atoms with Crippen LogP contribution >= 0.6 is 27.7 Å². The van der Waals surface area contributed by atoms with Gasteiger partial charge in [0.15, 0.2) is 5.17 Å². The minimum Gasteiger partial charge on any atom is -0.361 e. The van der Waals surface area contributed by atoms with Crippen molar-refractivity contribution in [2.45, 2.75) is 18.2 Å². The number of aliphatic imine (C=N–C) groups is 2. The number of H-pyrrole nitrogens is 1. The number of rotatable bonds is 4. The van der Waals surface area contributed by atoms with Gasteiger partial charge in [0.25, 0.3) is 11.5 Å². The third kappa shape index (κ3) is 3.88. The molecule has 5 heterocycles. The van der Waals surface area contributed by atoms with Gasteiger partial charge in [-0.3, -0.25) is 19.0 Å². The number of carbonyl (C=O) groups is 1. The number of carbonyl (C=O) groups excluding carboxylic acids is 1. The van der Waals surface area contributed by atoms with Crippen LogP contribution in [0.4, 0.5) is 5.69 Å². The fraction of sp³-hybridized carbons (Fsp3) is 0.107. The van der Waals surface area contributed by atoms with E-state index < -0.39 is 6.04 Å². The van der Waals surface area contributed by atoms with Gasteiger partial charge < -0.3 is 4.98 Å². The molecule has 8 nitrogen and oxygen atoms in total. The van der Waals surface area contributed by atoms with Gasteiger partial charge in [-0.05, 0) is 51.8 Å². The number of nitrogens with one attached hydrogen (secondary N) is 1. The average Bonchev–Trinajstić information content (AvgIpc) is 3.49. The Balaban J connectivity index is 1.21. The van der Waals surface area contributed by atoms with Gasteiger partial charge in [-0.25, -0.2) is 14.9 Å². The van der Waals surface area contributed by atoms with Crippen LogP contribution in [0.2, 0.25) is 0 Å². The molecule has 1 atom stereocenters. The first-order chi connectivity index (χ1) is 18.5. The molecule has 1 N–H and O–H groups in total. The van der Waals surface area contributed by atoms with Crippen molar-refractivity contribution in [2.24, 2.45) is 9.98 Å². The van der Waals surface area contributed by atoms with Crippen LogP contribution in [-0.4, -0.2) is 42.2 Å². The number of pyridine rings is 1. The topological polar surface area (TPSA) is 95.2 Å². The molecule has 5 aromatic rings. The molecular formula is C28H19BrN6O2S. The minimum absolute atomic E-state index is 0.109. The highest BCUT2D eigenvalue weighted by Crippen LogP contribution is 2.35. The van der Waals surface area contributed by atoms with Crippen LogP contribution in [0.1, 0.15) is 16.8 Å². The van der Waals surface area contributed by atoms with Crippen molar-refractivity contribution in [3.8, 4) is 0 Å². The van der Waals surface area contributed by atoms with Crippen LogP contribution in [0.3, 0.4) is 0 Å². The summed E-state index contributed by atoms with van der Waals surface area (Å²) < 4.78 is 2.30. The Morgan fingerprint density at radius 3 is 2.79 bits per heavy atom. The van der Waals surface area contributed by atoms with E-state index in [1.807, 2.05) is 54.7 Å². The number of aromatic nitrogens is 3. The van der Waals surface area contributed by atoms with Gasteiger partial charge in [0.05, 0.1) is 11.4 Å². The predicted octanol–water partition coefficient (Wildman–Crippen LogP) is 5.07. The van der Waals surface area contributed by atoms with Gasteiger partial charge in [-0.2, -0.15) is 0 Å². The molecule has 0 bridgehead atoms. The van der Waals surface area contributed by atoms with E-state index >= 15 is 0 Å². The number of hydrogen-bond acceptors (Lipinski definition) is 6. The lowest BCUT2D eigenvalue weighted by Crippen LogP contribution is -2.41. The minimum atomic E-state index is -0.553. The lowest BCUT2D eigenvalue weighted by atomic mass is 10.1. The standard InChI is InChI=1S/C28H19BrN6O2S/c29-17-9-10-24-31-18(12-25(36)34(24)14-17)15-38-28-33-22-8-4-2-6-20(22)26-32-23(27(37)35(26)28)11-16-13-30-21-7-3-1-5-19(16)21/h1-10,12-14,23,30H,11,15H2/t23-/m1/s1. The van der Waals surface area contributed by atoms with E-state index in [-0.39, 0.29) is 11.5 Å². The molecular weight excluding hydrogens is 564 g/mol. The maximum Gasteiger partial charge on any atom is 0.259 e. The van der Waals surface area contributed by atoms with E-state index in [4.69, 9.17) is 9.98 Å². The summed E-state index contributed by atoms with van der Waals surface area (Å²) in [5.74, 6) is 0.888. The van der Waals surface area contributed by atoms with Crippen molar-refractivity contribution < 1.29 is 4.79 Å². The molecule has 0 spiro atoms. The fourth-order valence-corrected chi connectivity index (χ4v) is 6.11. The SMILES string of the molecule is O=C1[C@@H](Cc2c[nH]c3ccccc23)N=C2c3ccccc3N=C(SCc3cc(=O)n4cc(Br)ccc4n3)N12. The van der Waals surface area contributed by atoms with E-state index in [2.05, 4.69) is 32.0 Å². The number of thioether (sulfide) groups is 1. The molecule has 186 valence electrons. The Kier molecular flexibility index (Phi) is 5.52. The summed E-state index contributed by atoms with van der Waals surface area (Å²) >= 11 is 4.77. The van der Waals surface area contributed by atoms with Crippen molar-refractivity contribution in [2.75, 3.05) is 0 Å². The summed E-state index contributed by atoms with van der Waals surface area (Å²) in [4.78, 5) is 45.6. The third-order valence-corrected chi connectivity index (χ3v) is 8.10. The molecule has 2 aliphatic rings. The average molecular weight is 583 g/mol. The summed E-state index contributed by atoms with van der Waals surface area (Å²) in [5, 5.41) is 1.63. The van der Waals surface area contributed by atoms with Gasteiger partial charge in [0.1, 0.15) is 17.5 Å². The second kappa shape index (κ2) is 9.07. The molecule has 0 saturated carbocycles. The number of hydrogen-bond donors (Lipinski definition) is 1. The number of amidine groups is 2. The molecule has 1 amide bonds. The number of fused-ring (bicyclic) bond motifs is 5. The predicted molar refractivity (Wildman–Crippen MR) is 153 cm³/mol. The molecule has 0 fully saturated rings. The van der Waals surface area contributed by atoms with Crippen molar-refractivity contribution in [1.82, 2.24) is 19.3 Å². The summed E-state index contributed by atoms with van der Waals surface area (Å²) in [7, 11) is 0. The Morgan fingerprint density at radius 1 is 1.03 bits per heavy atom. The van der Waals surface area contributed by atoms with Gasteiger partial charge in [0.2, 0.25) is 0 Å². The first kappa shape index (κ1) is 23.1. The summed E-state index contributed by atoms with van der Waals surface area (Å²) in [6.07, 6.45) is 4.14. The van der Waals surface area contributed by atoms with Crippen LogP contribution in [0.5, 0.6) is 0 Å². The molecule has 0 aliphatic carbocycles. The van der Waals surface area contributed by atoms with Crippen LogP contribution in [0.25, 0.3) is 16.6 Å². The van der Waals surface area contributed by atoms with Gasteiger partial charge in [-0.15, -0.1) is 0 Å². The van der Waals surface area contributed by atoms with E-state index in [9.17, 15) is 9.59 Å². The first-order valence-electron chi connectivity index (χ1n) is 12.0. The fourth-order valence-electron chi connectivity index (χ4n) is 4.88. The maximum atomic E-state index is 13.7. The van der Waals surface area contributed by atoms with Gasteiger partial charge in [-0.1, -0.05) is 42.1 Å². The molecule has 10 heteroatoms. The molecule has 2 aliphatic heterocycles. The number of halogens is 1. The van der Waals surface area contributed by atoms with Crippen LogP contribution in [0, 0.1) is 0 Å². The number of nitrogens with zero attached hydrogens (tertiary/aromatic N) is 5. The third-order valence-electron chi connectivity index (χ3n) is 6.66. The van der Waals surface area contributed by atoms with Crippen molar-refractivity contribution in [3.63, 3.8) is 0 Å². The van der Waals surface area contributed by atoms with Crippen molar-refractivity contribution in [3.05, 3.63) is 111 Å². The molecule has 0 saturated heterocycles. The van der Waals surface area contributed by atoms with E-state index in [0.29, 0.717) is 34.5 Å². The van der Waals surface area contributed by atoms with Crippen molar-refractivity contribution >= 4 is 66.8 Å². The lowest BCUT2D eigenvalue weighted by Gasteiger charge is -2.25. The highest BCUT2D eigenvalue weighted by molar-refractivity contribution is 9.10. The monoisotopic (exact) mass is 582 g/mol.